The molecule has 0 saturated carbocycles. The van der Waals surface area contributed by atoms with Crippen LogP contribution in [0.3, 0.4) is 0 Å². The fourth-order valence-electron chi connectivity index (χ4n) is 0.556. The molecule has 1 unspecified atom stereocenters. The standard InChI is InChI=1S/C7H15NO4S2/c1-7(8,6(9)10)5-13-3-4-14(2,11)12/h3-5,8H2,1-2H3,(H,9,10). The Morgan fingerprint density at radius 3 is 2.43 bits per heavy atom. The first kappa shape index (κ1) is 13.7. The van der Waals surface area contributed by atoms with Crippen molar-refractivity contribution in [2.45, 2.75) is 12.5 Å². The third-order valence-electron chi connectivity index (χ3n) is 1.49. The Morgan fingerprint density at radius 1 is 1.57 bits per heavy atom. The minimum absolute atomic E-state index is 0.0490. The number of hydrogen-bond donors (Lipinski definition) is 2. The molecule has 0 aliphatic heterocycles. The van der Waals surface area contributed by atoms with Gasteiger partial charge < -0.3 is 10.8 Å². The Labute approximate surface area is 88.0 Å². The molecule has 0 amide bonds. The highest BCUT2D eigenvalue weighted by atomic mass is 32.2. The van der Waals surface area contributed by atoms with Gasteiger partial charge in [0.25, 0.3) is 0 Å². The van der Waals surface area contributed by atoms with E-state index in [4.69, 9.17) is 10.8 Å². The number of carboxylic acids is 1. The van der Waals surface area contributed by atoms with Crippen LogP contribution in [0, 0.1) is 0 Å². The molecule has 0 rings (SSSR count). The van der Waals surface area contributed by atoms with Crippen molar-refractivity contribution < 1.29 is 18.3 Å². The van der Waals surface area contributed by atoms with Crippen molar-refractivity contribution in [1.29, 1.82) is 0 Å². The molecule has 0 fully saturated rings. The number of thioether (sulfide) groups is 1. The minimum atomic E-state index is -2.97. The van der Waals surface area contributed by atoms with Gasteiger partial charge in [-0.25, -0.2) is 8.42 Å². The summed E-state index contributed by atoms with van der Waals surface area (Å²) in [5.74, 6) is -0.450. The number of aliphatic carboxylic acids is 1. The average Bonchev–Trinajstić information content (AvgIpc) is 1.96. The van der Waals surface area contributed by atoms with E-state index in [1.54, 1.807) is 0 Å². The summed E-state index contributed by atoms with van der Waals surface area (Å²) < 4.78 is 21.5. The van der Waals surface area contributed by atoms with E-state index in [2.05, 4.69) is 0 Å². The third kappa shape index (κ3) is 6.22. The second-order valence-electron chi connectivity index (χ2n) is 3.41. The SMILES string of the molecule is CC(N)(CSCCS(C)(=O)=O)C(=O)O. The zero-order chi connectivity index (χ0) is 11.4. The summed E-state index contributed by atoms with van der Waals surface area (Å²) in [4.78, 5) is 10.6. The second kappa shape index (κ2) is 4.99. The van der Waals surface area contributed by atoms with Crippen LogP contribution in [-0.2, 0) is 14.6 Å². The molecule has 0 spiro atoms. The normalized spacial score (nSPS) is 16.2. The largest absolute Gasteiger partial charge is 0.480 e. The van der Waals surface area contributed by atoms with Crippen molar-refractivity contribution in [3.63, 3.8) is 0 Å². The average molecular weight is 241 g/mol. The molecule has 0 aliphatic rings. The van der Waals surface area contributed by atoms with Crippen LogP contribution >= 0.6 is 11.8 Å². The molecule has 5 nitrogen and oxygen atoms in total. The van der Waals surface area contributed by atoms with Crippen LogP contribution in [0.15, 0.2) is 0 Å². The van der Waals surface area contributed by atoms with Gasteiger partial charge in [0.15, 0.2) is 0 Å². The van der Waals surface area contributed by atoms with Gasteiger partial charge in [-0.15, -0.1) is 0 Å². The first-order valence-corrected chi connectivity index (χ1v) is 7.14. The van der Waals surface area contributed by atoms with Crippen molar-refractivity contribution >= 4 is 27.6 Å². The molecule has 1 atom stereocenters. The first-order chi connectivity index (χ1) is 6.15. The van der Waals surface area contributed by atoms with Crippen molar-refractivity contribution in [2.75, 3.05) is 23.5 Å². The van der Waals surface area contributed by atoms with Crippen LogP contribution < -0.4 is 5.73 Å². The molecule has 3 N–H and O–H groups in total. The lowest BCUT2D eigenvalue weighted by molar-refractivity contribution is -0.141. The van der Waals surface area contributed by atoms with Gasteiger partial charge in [-0.3, -0.25) is 4.79 Å². The van der Waals surface area contributed by atoms with E-state index in [1.165, 1.54) is 18.7 Å². The van der Waals surface area contributed by atoms with Crippen LogP contribution in [0.4, 0.5) is 0 Å². The van der Waals surface area contributed by atoms with Gasteiger partial charge in [-0.1, -0.05) is 0 Å². The molecule has 0 bridgehead atoms. The number of sulfone groups is 1. The third-order valence-corrected chi connectivity index (χ3v) is 3.99. The van der Waals surface area contributed by atoms with Crippen molar-refractivity contribution in [1.82, 2.24) is 0 Å². The van der Waals surface area contributed by atoms with Crippen LogP contribution in [0.25, 0.3) is 0 Å². The summed E-state index contributed by atoms with van der Waals surface area (Å²) >= 11 is 1.23. The molecular formula is C7H15NO4S2. The number of carbonyl (C=O) groups is 1. The van der Waals surface area contributed by atoms with Crippen LogP contribution in [-0.4, -0.2) is 48.5 Å². The van der Waals surface area contributed by atoms with E-state index in [0.29, 0.717) is 5.75 Å². The minimum Gasteiger partial charge on any atom is -0.480 e. The second-order valence-corrected chi connectivity index (χ2v) is 6.77. The lowest BCUT2D eigenvalue weighted by atomic mass is 10.1. The van der Waals surface area contributed by atoms with Crippen LogP contribution in [0.2, 0.25) is 0 Å². The van der Waals surface area contributed by atoms with Gasteiger partial charge in [-0.05, 0) is 6.92 Å². The smallest absolute Gasteiger partial charge is 0.324 e. The Kier molecular flexibility index (Phi) is 4.90. The monoisotopic (exact) mass is 241 g/mol. The van der Waals surface area contributed by atoms with Gasteiger partial charge in [0.05, 0.1) is 5.75 Å². The highest BCUT2D eigenvalue weighted by Crippen LogP contribution is 2.11. The molecule has 0 aliphatic carbocycles. The maximum atomic E-state index is 10.7. The molecule has 0 saturated heterocycles. The maximum Gasteiger partial charge on any atom is 0.324 e. The fraction of sp³-hybridized carbons (Fsp3) is 0.857. The van der Waals surface area contributed by atoms with Gasteiger partial charge >= 0.3 is 5.97 Å². The van der Waals surface area contributed by atoms with Crippen molar-refractivity contribution in [3.8, 4) is 0 Å². The van der Waals surface area contributed by atoms with Crippen molar-refractivity contribution in [3.05, 3.63) is 0 Å². The Morgan fingerprint density at radius 2 is 2.07 bits per heavy atom. The number of hydrogen-bond acceptors (Lipinski definition) is 5. The summed E-state index contributed by atoms with van der Waals surface area (Å²) in [6.07, 6.45) is 1.15. The van der Waals surface area contributed by atoms with E-state index in [1.807, 2.05) is 0 Å². The summed E-state index contributed by atoms with van der Waals surface area (Å²) in [6, 6.07) is 0. The number of nitrogens with two attached hydrogens (primary N) is 1. The summed E-state index contributed by atoms with van der Waals surface area (Å²) in [5.41, 5.74) is 4.15. The molecule has 0 aromatic heterocycles. The zero-order valence-electron chi connectivity index (χ0n) is 8.19. The van der Waals surface area contributed by atoms with Crippen molar-refractivity contribution in [2.24, 2.45) is 5.73 Å². The molecule has 0 aromatic carbocycles. The maximum absolute atomic E-state index is 10.7. The molecule has 14 heavy (non-hydrogen) atoms. The summed E-state index contributed by atoms with van der Waals surface area (Å²) in [7, 11) is -2.97. The van der Waals surface area contributed by atoms with E-state index >= 15 is 0 Å². The van der Waals surface area contributed by atoms with Gasteiger partial charge in [0, 0.05) is 17.8 Å². The first-order valence-electron chi connectivity index (χ1n) is 3.93. The molecular weight excluding hydrogens is 226 g/mol. The highest BCUT2D eigenvalue weighted by Gasteiger charge is 2.27. The zero-order valence-corrected chi connectivity index (χ0v) is 9.82. The summed E-state index contributed by atoms with van der Waals surface area (Å²) in [6.45, 7) is 1.41. The Balaban J connectivity index is 3.81. The predicted molar refractivity (Wildman–Crippen MR) is 57.3 cm³/mol. The molecule has 7 heteroatoms. The fourth-order valence-corrected chi connectivity index (χ4v) is 2.93. The predicted octanol–water partition coefficient (Wildman–Crippen LogP) is -0.434. The Bertz CT molecular complexity index is 297. The molecule has 0 aromatic rings. The van der Waals surface area contributed by atoms with E-state index in [-0.39, 0.29) is 11.5 Å². The van der Waals surface area contributed by atoms with E-state index in [0.717, 1.165) is 6.26 Å². The lowest BCUT2D eigenvalue weighted by Crippen LogP contribution is -2.47. The van der Waals surface area contributed by atoms with E-state index < -0.39 is 21.3 Å². The topological polar surface area (TPSA) is 97.5 Å². The van der Waals surface area contributed by atoms with Gasteiger partial charge in [-0.2, -0.15) is 11.8 Å². The quantitative estimate of drug-likeness (QED) is 0.612. The molecule has 0 heterocycles. The lowest BCUT2D eigenvalue weighted by Gasteiger charge is -2.17. The van der Waals surface area contributed by atoms with Gasteiger partial charge in [0.2, 0.25) is 0 Å². The number of carboxylic acid groups (broad SMARTS) is 1. The Hall–Kier alpha value is -0.270. The molecule has 0 radical (unpaired) electrons. The molecule has 84 valence electrons. The highest BCUT2D eigenvalue weighted by molar-refractivity contribution is 8.00. The van der Waals surface area contributed by atoms with E-state index in [9.17, 15) is 13.2 Å². The number of rotatable bonds is 6. The summed E-state index contributed by atoms with van der Waals surface area (Å²) in [5, 5.41) is 8.64. The van der Waals surface area contributed by atoms with Crippen LogP contribution in [0.1, 0.15) is 6.92 Å². The van der Waals surface area contributed by atoms with Gasteiger partial charge in [0.1, 0.15) is 15.4 Å². The van der Waals surface area contributed by atoms with Crippen LogP contribution in [0.5, 0.6) is 0 Å².